The quantitative estimate of drug-likeness (QED) is 0.919. The summed E-state index contributed by atoms with van der Waals surface area (Å²) in [4.78, 5) is 0. The fourth-order valence-corrected chi connectivity index (χ4v) is 2.59. The van der Waals surface area contributed by atoms with Crippen molar-refractivity contribution in [1.82, 2.24) is 15.0 Å². The number of hydrogen-bond acceptors (Lipinski definition) is 3. The fraction of sp³-hybridized carbons (Fsp3) is 0.533. The van der Waals surface area contributed by atoms with Gasteiger partial charge >= 0.3 is 0 Å². The Morgan fingerprint density at radius 2 is 2.00 bits per heavy atom. The lowest BCUT2D eigenvalue weighted by Gasteiger charge is -2.13. The predicted molar refractivity (Wildman–Crippen MR) is 76.1 cm³/mol. The minimum atomic E-state index is 0.242. The Kier molecular flexibility index (Phi) is 3.80. The molecule has 2 heterocycles. The molecule has 0 saturated heterocycles. The summed E-state index contributed by atoms with van der Waals surface area (Å²) in [5.74, 6) is 0.901. The molecule has 0 bridgehead atoms. The van der Waals surface area contributed by atoms with Crippen molar-refractivity contribution in [3.63, 3.8) is 0 Å². The summed E-state index contributed by atoms with van der Waals surface area (Å²) in [7, 11) is 2.10. The maximum Gasteiger partial charge on any atom is 0.138 e. The smallest absolute Gasteiger partial charge is 0.138 e. The first-order valence-electron chi connectivity index (χ1n) is 6.69. The number of aromatic nitrogens is 2. The summed E-state index contributed by atoms with van der Waals surface area (Å²) in [5.41, 5.74) is 6.10. The highest BCUT2D eigenvalue weighted by Gasteiger charge is 2.16. The zero-order valence-corrected chi connectivity index (χ0v) is 12.7. The third-order valence-corrected chi connectivity index (χ3v) is 4.00. The van der Waals surface area contributed by atoms with E-state index in [4.69, 9.17) is 4.52 Å². The highest BCUT2D eigenvalue weighted by atomic mass is 16.5. The summed E-state index contributed by atoms with van der Waals surface area (Å²) in [6, 6.07) is 2.48. The van der Waals surface area contributed by atoms with Crippen molar-refractivity contribution < 1.29 is 4.52 Å². The highest BCUT2D eigenvalue weighted by molar-refractivity contribution is 5.28. The van der Waals surface area contributed by atoms with Gasteiger partial charge in [0, 0.05) is 36.6 Å². The van der Waals surface area contributed by atoms with E-state index < -0.39 is 0 Å². The van der Waals surface area contributed by atoms with Gasteiger partial charge in [-0.25, -0.2) is 0 Å². The van der Waals surface area contributed by atoms with E-state index >= 15 is 0 Å². The Hall–Kier alpha value is -1.55. The summed E-state index contributed by atoms with van der Waals surface area (Å²) >= 11 is 0. The van der Waals surface area contributed by atoms with Gasteiger partial charge in [-0.3, -0.25) is 0 Å². The normalized spacial score (nSPS) is 12.9. The molecular formula is C15H23N3O. The molecule has 0 radical (unpaired) electrons. The zero-order valence-electron chi connectivity index (χ0n) is 12.7. The topological polar surface area (TPSA) is 43.0 Å². The molecule has 0 aliphatic heterocycles. The number of nitrogens with one attached hydrogen (secondary N) is 1. The van der Waals surface area contributed by atoms with Crippen molar-refractivity contribution in [2.75, 3.05) is 0 Å². The fourth-order valence-electron chi connectivity index (χ4n) is 2.59. The van der Waals surface area contributed by atoms with E-state index in [1.165, 1.54) is 22.5 Å². The predicted octanol–water partition coefficient (Wildman–Crippen LogP) is 3.10. The average Bonchev–Trinajstić information content (AvgIpc) is 2.82. The second-order valence-corrected chi connectivity index (χ2v) is 5.30. The van der Waals surface area contributed by atoms with Crippen molar-refractivity contribution in [2.45, 2.75) is 47.2 Å². The van der Waals surface area contributed by atoms with Gasteiger partial charge in [0.2, 0.25) is 0 Å². The Labute approximate surface area is 114 Å². The van der Waals surface area contributed by atoms with Crippen LogP contribution in [0.5, 0.6) is 0 Å². The molecule has 0 fully saturated rings. The molecule has 0 saturated carbocycles. The first-order valence-corrected chi connectivity index (χ1v) is 6.69. The van der Waals surface area contributed by atoms with Crippen LogP contribution >= 0.6 is 0 Å². The van der Waals surface area contributed by atoms with Crippen LogP contribution in [-0.4, -0.2) is 9.72 Å². The SMILES string of the molecule is Cc1noc(C)c1C(C)NCc1cc(C)n(C)c1C. The van der Waals surface area contributed by atoms with Crippen LogP contribution in [0.25, 0.3) is 0 Å². The monoisotopic (exact) mass is 261 g/mol. The number of nitrogens with zero attached hydrogens (tertiary/aromatic N) is 2. The van der Waals surface area contributed by atoms with E-state index in [0.717, 1.165) is 18.0 Å². The van der Waals surface area contributed by atoms with Crippen molar-refractivity contribution in [1.29, 1.82) is 0 Å². The largest absolute Gasteiger partial charge is 0.361 e. The average molecular weight is 261 g/mol. The van der Waals surface area contributed by atoms with E-state index in [0.29, 0.717) is 0 Å². The van der Waals surface area contributed by atoms with Crippen molar-refractivity contribution in [2.24, 2.45) is 7.05 Å². The van der Waals surface area contributed by atoms with Crippen LogP contribution in [0.3, 0.4) is 0 Å². The minimum absolute atomic E-state index is 0.242. The Morgan fingerprint density at radius 3 is 2.47 bits per heavy atom. The second kappa shape index (κ2) is 5.21. The minimum Gasteiger partial charge on any atom is -0.361 e. The number of hydrogen-bond donors (Lipinski definition) is 1. The highest BCUT2D eigenvalue weighted by Crippen LogP contribution is 2.22. The van der Waals surface area contributed by atoms with Crippen LogP contribution in [0.2, 0.25) is 0 Å². The summed E-state index contributed by atoms with van der Waals surface area (Å²) in [5, 5.41) is 7.56. The van der Waals surface area contributed by atoms with Gasteiger partial charge in [0.1, 0.15) is 5.76 Å². The van der Waals surface area contributed by atoms with Gasteiger partial charge in [0.05, 0.1) is 5.69 Å². The molecule has 2 rings (SSSR count). The molecule has 0 aliphatic rings. The second-order valence-electron chi connectivity index (χ2n) is 5.30. The molecule has 4 nitrogen and oxygen atoms in total. The van der Waals surface area contributed by atoms with E-state index in [-0.39, 0.29) is 6.04 Å². The molecule has 19 heavy (non-hydrogen) atoms. The molecule has 1 atom stereocenters. The van der Waals surface area contributed by atoms with E-state index in [1.54, 1.807) is 0 Å². The Bertz CT molecular complexity index is 561. The summed E-state index contributed by atoms with van der Waals surface area (Å²) in [6.07, 6.45) is 0. The van der Waals surface area contributed by atoms with E-state index in [2.05, 4.69) is 48.9 Å². The van der Waals surface area contributed by atoms with Crippen molar-refractivity contribution in [3.05, 3.63) is 40.0 Å². The van der Waals surface area contributed by atoms with Gasteiger partial charge in [-0.2, -0.15) is 0 Å². The van der Waals surface area contributed by atoms with Crippen LogP contribution in [0.1, 0.15) is 46.9 Å². The van der Waals surface area contributed by atoms with Gasteiger partial charge in [0.25, 0.3) is 0 Å². The standard InChI is InChI=1S/C15H23N3O/c1-9-7-14(12(4)18(9)6)8-16-10(2)15-11(3)17-19-13(15)5/h7,10,16H,8H2,1-6H3. The molecule has 0 amide bonds. The third-order valence-electron chi connectivity index (χ3n) is 4.00. The zero-order chi connectivity index (χ0) is 14.2. The van der Waals surface area contributed by atoms with Gasteiger partial charge in [-0.1, -0.05) is 5.16 Å². The summed E-state index contributed by atoms with van der Waals surface area (Å²) < 4.78 is 7.44. The molecule has 2 aromatic heterocycles. The maximum atomic E-state index is 5.22. The van der Waals surface area contributed by atoms with Gasteiger partial charge in [0.15, 0.2) is 0 Å². The molecule has 0 aromatic carbocycles. The number of aryl methyl sites for hydroxylation is 3. The van der Waals surface area contributed by atoms with Crippen LogP contribution in [0.4, 0.5) is 0 Å². The first-order chi connectivity index (χ1) is 8.91. The molecular weight excluding hydrogens is 238 g/mol. The molecule has 0 aliphatic carbocycles. The van der Waals surface area contributed by atoms with Gasteiger partial charge in [-0.05, 0) is 46.2 Å². The Morgan fingerprint density at radius 1 is 1.32 bits per heavy atom. The van der Waals surface area contributed by atoms with E-state index in [9.17, 15) is 0 Å². The molecule has 4 heteroatoms. The molecule has 0 spiro atoms. The molecule has 2 aromatic rings. The van der Waals surface area contributed by atoms with Crippen LogP contribution in [0, 0.1) is 27.7 Å². The van der Waals surface area contributed by atoms with Crippen LogP contribution in [-0.2, 0) is 13.6 Å². The van der Waals surface area contributed by atoms with Gasteiger partial charge < -0.3 is 14.4 Å². The lowest BCUT2D eigenvalue weighted by atomic mass is 10.1. The lowest BCUT2D eigenvalue weighted by Crippen LogP contribution is -2.19. The lowest BCUT2D eigenvalue weighted by molar-refractivity contribution is 0.390. The third kappa shape index (κ3) is 2.59. The number of rotatable bonds is 4. The van der Waals surface area contributed by atoms with Crippen LogP contribution < -0.4 is 5.32 Å². The molecule has 1 unspecified atom stereocenters. The van der Waals surface area contributed by atoms with E-state index in [1.807, 2.05) is 13.8 Å². The Balaban J connectivity index is 2.08. The van der Waals surface area contributed by atoms with Crippen LogP contribution in [0.15, 0.2) is 10.6 Å². The molecule has 104 valence electrons. The first kappa shape index (κ1) is 13.9. The molecule has 1 N–H and O–H groups in total. The maximum absolute atomic E-state index is 5.22. The van der Waals surface area contributed by atoms with Crippen molar-refractivity contribution >= 4 is 0 Å². The van der Waals surface area contributed by atoms with Gasteiger partial charge in [-0.15, -0.1) is 0 Å². The van der Waals surface area contributed by atoms with Crippen molar-refractivity contribution in [3.8, 4) is 0 Å². The summed E-state index contributed by atoms with van der Waals surface area (Å²) in [6.45, 7) is 11.3.